The Labute approximate surface area is 228 Å². The number of hydrogen-bond acceptors (Lipinski definition) is 6. The Hall–Kier alpha value is -4.31. The first-order chi connectivity index (χ1) is 19.0. The highest BCUT2D eigenvalue weighted by atomic mass is 16.5. The Morgan fingerprint density at radius 2 is 1.97 bits per heavy atom. The van der Waals surface area contributed by atoms with E-state index in [1.165, 1.54) is 0 Å². The van der Waals surface area contributed by atoms with Crippen LogP contribution in [-0.4, -0.2) is 25.1 Å². The number of hydrogen-bond donors (Lipinski definition) is 1. The first kappa shape index (κ1) is 26.3. The molecule has 1 aliphatic carbocycles. The Bertz CT molecular complexity index is 1400. The first-order valence-corrected chi connectivity index (χ1v) is 13.5. The molecule has 0 bridgehead atoms. The van der Waals surface area contributed by atoms with E-state index < -0.39 is 0 Å². The topological polar surface area (TPSA) is 97.7 Å². The predicted octanol–water partition coefficient (Wildman–Crippen LogP) is 5.70. The fourth-order valence-electron chi connectivity index (χ4n) is 5.42. The first-order valence-electron chi connectivity index (χ1n) is 13.5. The van der Waals surface area contributed by atoms with Crippen molar-refractivity contribution in [1.82, 2.24) is 0 Å². The van der Waals surface area contributed by atoms with Crippen LogP contribution in [0.4, 0.5) is 5.69 Å². The maximum absolute atomic E-state index is 13.5. The van der Waals surface area contributed by atoms with Gasteiger partial charge in [-0.3, -0.25) is 9.59 Å². The van der Waals surface area contributed by atoms with Crippen molar-refractivity contribution in [3.05, 3.63) is 89.0 Å². The molecule has 2 atom stereocenters. The molecule has 39 heavy (non-hydrogen) atoms. The van der Waals surface area contributed by atoms with Crippen molar-refractivity contribution in [3.63, 3.8) is 0 Å². The summed E-state index contributed by atoms with van der Waals surface area (Å²) in [5, 5.41) is 12.5. The molecular formula is C32H32N2O5. The second-order valence-corrected chi connectivity index (χ2v) is 10.1. The Kier molecular flexibility index (Phi) is 7.83. The van der Waals surface area contributed by atoms with E-state index in [2.05, 4.69) is 11.4 Å². The summed E-state index contributed by atoms with van der Waals surface area (Å²) in [5.74, 6) is 1.03. The SMILES string of the molecule is CCOC(=O)CCCc1ccc(C#N)cc1NC(=O)C1CC12CCOc1cc(OCc3ccccc3)ccc12. The van der Waals surface area contributed by atoms with Gasteiger partial charge in [0.25, 0.3) is 0 Å². The highest BCUT2D eigenvalue weighted by molar-refractivity contribution is 5.97. The van der Waals surface area contributed by atoms with Gasteiger partial charge in [-0.25, -0.2) is 0 Å². The number of aryl methyl sites for hydroxylation is 1. The lowest BCUT2D eigenvalue weighted by atomic mass is 9.87. The van der Waals surface area contributed by atoms with Gasteiger partial charge < -0.3 is 19.5 Å². The van der Waals surface area contributed by atoms with Crippen LogP contribution in [0.1, 0.15) is 54.9 Å². The van der Waals surface area contributed by atoms with E-state index in [0.29, 0.717) is 50.3 Å². The molecule has 0 aromatic heterocycles. The minimum atomic E-state index is -0.257. The molecule has 2 aliphatic rings. The van der Waals surface area contributed by atoms with Crippen LogP contribution in [0.2, 0.25) is 0 Å². The summed E-state index contributed by atoms with van der Waals surface area (Å²) >= 11 is 0. The number of carbonyl (C=O) groups excluding carboxylic acids is 2. The smallest absolute Gasteiger partial charge is 0.305 e. The molecule has 1 spiro atoms. The van der Waals surface area contributed by atoms with E-state index in [-0.39, 0.29) is 23.2 Å². The number of ether oxygens (including phenoxy) is 3. The number of benzene rings is 3. The van der Waals surface area contributed by atoms with Gasteiger partial charge in [-0.05, 0) is 61.9 Å². The van der Waals surface area contributed by atoms with Gasteiger partial charge >= 0.3 is 5.97 Å². The van der Waals surface area contributed by atoms with Gasteiger partial charge in [-0.2, -0.15) is 5.26 Å². The summed E-state index contributed by atoms with van der Waals surface area (Å²) in [7, 11) is 0. The zero-order valence-corrected chi connectivity index (χ0v) is 22.1. The summed E-state index contributed by atoms with van der Waals surface area (Å²) in [6.45, 7) is 3.16. The van der Waals surface area contributed by atoms with E-state index in [9.17, 15) is 14.9 Å². The molecule has 7 nitrogen and oxygen atoms in total. The molecule has 3 aromatic carbocycles. The number of carbonyl (C=O) groups is 2. The highest BCUT2D eigenvalue weighted by Crippen LogP contribution is 2.61. The molecule has 1 amide bonds. The number of nitriles is 1. The van der Waals surface area contributed by atoms with Crippen LogP contribution in [0.5, 0.6) is 11.5 Å². The second kappa shape index (κ2) is 11.6. The van der Waals surface area contributed by atoms with E-state index in [4.69, 9.17) is 14.2 Å². The molecule has 0 radical (unpaired) electrons. The fourth-order valence-corrected chi connectivity index (χ4v) is 5.42. The zero-order valence-electron chi connectivity index (χ0n) is 22.1. The third-order valence-corrected chi connectivity index (χ3v) is 7.56. The van der Waals surface area contributed by atoms with Gasteiger partial charge in [-0.1, -0.05) is 42.5 Å². The number of esters is 1. The van der Waals surface area contributed by atoms with Gasteiger partial charge in [0.1, 0.15) is 18.1 Å². The quantitative estimate of drug-likeness (QED) is 0.342. The zero-order chi connectivity index (χ0) is 27.2. The molecule has 2 unspecified atom stereocenters. The Balaban J connectivity index is 1.26. The van der Waals surface area contributed by atoms with Gasteiger partial charge in [0, 0.05) is 35.1 Å². The van der Waals surface area contributed by atoms with Crippen LogP contribution in [0.3, 0.4) is 0 Å². The molecule has 3 aromatic rings. The highest BCUT2D eigenvalue weighted by Gasteiger charge is 2.61. The molecule has 0 saturated heterocycles. The summed E-state index contributed by atoms with van der Waals surface area (Å²) in [4.78, 5) is 25.2. The van der Waals surface area contributed by atoms with E-state index in [1.54, 1.807) is 19.1 Å². The van der Waals surface area contributed by atoms with Crippen LogP contribution in [0.15, 0.2) is 66.7 Å². The van der Waals surface area contributed by atoms with Crippen molar-refractivity contribution >= 4 is 17.6 Å². The fraction of sp³-hybridized carbons (Fsp3) is 0.344. The Morgan fingerprint density at radius 3 is 2.77 bits per heavy atom. The van der Waals surface area contributed by atoms with Crippen molar-refractivity contribution < 1.29 is 23.8 Å². The lowest BCUT2D eigenvalue weighted by Gasteiger charge is -2.27. The molecule has 5 rings (SSSR count). The summed E-state index contributed by atoms with van der Waals surface area (Å²) < 4.78 is 17.0. The Morgan fingerprint density at radius 1 is 1.13 bits per heavy atom. The number of rotatable bonds is 10. The average molecular weight is 525 g/mol. The molecule has 200 valence electrons. The van der Waals surface area contributed by atoms with Crippen LogP contribution in [-0.2, 0) is 32.8 Å². The summed E-state index contributed by atoms with van der Waals surface area (Å²) in [6.07, 6.45) is 3.02. The largest absolute Gasteiger partial charge is 0.493 e. The summed E-state index contributed by atoms with van der Waals surface area (Å²) in [5.41, 5.74) is 3.88. The van der Waals surface area contributed by atoms with Crippen molar-refractivity contribution in [2.24, 2.45) is 5.92 Å². The molecule has 1 N–H and O–H groups in total. The van der Waals surface area contributed by atoms with Crippen molar-refractivity contribution in [2.75, 3.05) is 18.5 Å². The standard InChI is InChI=1S/C32H32N2O5/c1-2-37-30(35)10-6-9-24-12-11-23(20-33)17-28(24)34-31(36)27-19-32(27)15-16-38-29-18-25(13-14-26(29)32)39-21-22-7-4-3-5-8-22/h3-5,7-8,11-14,17-18,27H,2,6,9-10,15-16,19,21H2,1H3,(H,34,36). The van der Waals surface area contributed by atoms with E-state index >= 15 is 0 Å². The van der Waals surface area contributed by atoms with Crippen LogP contribution in [0.25, 0.3) is 0 Å². The van der Waals surface area contributed by atoms with Crippen molar-refractivity contribution in [2.45, 2.75) is 51.0 Å². The number of fused-ring (bicyclic) bond motifs is 2. The van der Waals surface area contributed by atoms with Gasteiger partial charge in [-0.15, -0.1) is 0 Å². The second-order valence-electron chi connectivity index (χ2n) is 10.1. The third kappa shape index (κ3) is 5.91. The maximum Gasteiger partial charge on any atom is 0.305 e. The van der Waals surface area contributed by atoms with Gasteiger partial charge in [0.2, 0.25) is 5.91 Å². The van der Waals surface area contributed by atoms with Gasteiger partial charge in [0.15, 0.2) is 0 Å². The molecule has 1 heterocycles. The normalized spacial score (nSPS) is 18.8. The summed E-state index contributed by atoms with van der Waals surface area (Å²) in [6, 6.07) is 23.3. The minimum absolute atomic E-state index is 0.0611. The third-order valence-electron chi connectivity index (χ3n) is 7.56. The molecular weight excluding hydrogens is 492 g/mol. The van der Waals surface area contributed by atoms with E-state index in [1.807, 2.05) is 54.6 Å². The minimum Gasteiger partial charge on any atom is -0.493 e. The van der Waals surface area contributed by atoms with Crippen LogP contribution < -0.4 is 14.8 Å². The van der Waals surface area contributed by atoms with Crippen molar-refractivity contribution in [1.29, 1.82) is 5.26 Å². The monoisotopic (exact) mass is 524 g/mol. The lowest BCUT2D eigenvalue weighted by Crippen LogP contribution is -2.27. The molecule has 1 fully saturated rings. The molecule has 1 saturated carbocycles. The number of nitrogens with one attached hydrogen (secondary N) is 1. The number of anilines is 1. The van der Waals surface area contributed by atoms with Crippen LogP contribution in [0, 0.1) is 17.2 Å². The van der Waals surface area contributed by atoms with E-state index in [0.717, 1.165) is 41.0 Å². The predicted molar refractivity (Wildman–Crippen MR) is 146 cm³/mol. The number of amides is 1. The van der Waals surface area contributed by atoms with Gasteiger partial charge in [0.05, 0.1) is 24.8 Å². The lowest BCUT2D eigenvalue weighted by molar-refractivity contribution is -0.143. The number of nitrogens with zero attached hydrogens (tertiary/aromatic N) is 1. The molecule has 7 heteroatoms. The maximum atomic E-state index is 13.5. The molecule has 1 aliphatic heterocycles. The van der Waals surface area contributed by atoms with Crippen LogP contribution >= 0.6 is 0 Å². The van der Waals surface area contributed by atoms with Crippen molar-refractivity contribution in [3.8, 4) is 17.6 Å². The average Bonchev–Trinajstić information content (AvgIpc) is 3.67.